The summed E-state index contributed by atoms with van der Waals surface area (Å²) in [5.74, 6) is -1.14. The molecule has 3 aromatic rings. The average Bonchev–Trinajstić information content (AvgIpc) is 2.99. The van der Waals surface area contributed by atoms with E-state index in [0.717, 1.165) is 26.1 Å². The highest BCUT2D eigenvalue weighted by molar-refractivity contribution is 9.10. The largest absolute Gasteiger partial charge is 0.422 e. The quantitative estimate of drug-likeness (QED) is 0.243. The zero-order valence-electron chi connectivity index (χ0n) is 18.6. The van der Waals surface area contributed by atoms with Gasteiger partial charge in [-0.15, -0.1) is 0 Å². The SMILES string of the molecule is Cc1cccc(N2C(=O)C(Cl)=C(Nc3ccc(C(=O)Oc4c(C)cc(Br)cc4C)cc3)C2=O)c1. The highest BCUT2D eigenvalue weighted by atomic mass is 79.9. The van der Waals surface area contributed by atoms with Crippen LogP contribution in [0.25, 0.3) is 0 Å². The number of hydrogen-bond donors (Lipinski definition) is 1. The highest BCUT2D eigenvalue weighted by Gasteiger charge is 2.39. The number of amides is 2. The third kappa shape index (κ3) is 4.62. The van der Waals surface area contributed by atoms with Crippen molar-refractivity contribution in [3.63, 3.8) is 0 Å². The maximum absolute atomic E-state index is 12.9. The van der Waals surface area contributed by atoms with Crippen molar-refractivity contribution in [3.8, 4) is 5.75 Å². The van der Waals surface area contributed by atoms with E-state index in [0.29, 0.717) is 22.7 Å². The van der Waals surface area contributed by atoms with Crippen LogP contribution in [0, 0.1) is 20.8 Å². The first-order valence-corrected chi connectivity index (χ1v) is 11.5. The van der Waals surface area contributed by atoms with Gasteiger partial charge in [0.05, 0.1) is 11.3 Å². The summed E-state index contributed by atoms with van der Waals surface area (Å²) in [7, 11) is 0. The van der Waals surface area contributed by atoms with Crippen LogP contribution in [0.15, 0.2) is 75.9 Å². The number of carbonyl (C=O) groups is 3. The molecule has 1 N–H and O–H groups in total. The van der Waals surface area contributed by atoms with Crippen molar-refractivity contribution in [1.82, 2.24) is 0 Å². The number of benzene rings is 3. The van der Waals surface area contributed by atoms with E-state index in [2.05, 4.69) is 21.2 Å². The van der Waals surface area contributed by atoms with Crippen LogP contribution in [0.4, 0.5) is 11.4 Å². The van der Waals surface area contributed by atoms with Gasteiger partial charge in [0.15, 0.2) is 0 Å². The van der Waals surface area contributed by atoms with Gasteiger partial charge in [0.2, 0.25) is 0 Å². The number of aryl methyl sites for hydroxylation is 3. The number of halogens is 2. The monoisotopic (exact) mass is 538 g/mol. The second kappa shape index (κ2) is 9.44. The van der Waals surface area contributed by atoms with Crippen molar-refractivity contribution in [3.05, 3.63) is 98.1 Å². The van der Waals surface area contributed by atoms with Crippen molar-refractivity contribution in [2.24, 2.45) is 0 Å². The predicted octanol–water partition coefficient (Wildman–Crippen LogP) is 6.03. The molecular formula is C26H20BrClN2O4. The Labute approximate surface area is 210 Å². The summed E-state index contributed by atoms with van der Waals surface area (Å²) in [5.41, 5.74) is 3.83. The Morgan fingerprint density at radius 1 is 0.941 bits per heavy atom. The molecule has 3 aromatic carbocycles. The lowest BCUT2D eigenvalue weighted by Gasteiger charge is -2.15. The van der Waals surface area contributed by atoms with E-state index < -0.39 is 17.8 Å². The minimum absolute atomic E-state index is 0.0235. The second-order valence-corrected chi connectivity index (χ2v) is 9.23. The van der Waals surface area contributed by atoms with Crippen molar-refractivity contribution < 1.29 is 19.1 Å². The summed E-state index contributed by atoms with van der Waals surface area (Å²) in [6.45, 7) is 5.60. The minimum Gasteiger partial charge on any atom is -0.422 e. The molecule has 0 saturated heterocycles. The van der Waals surface area contributed by atoms with Gasteiger partial charge in [0, 0.05) is 10.2 Å². The van der Waals surface area contributed by atoms with Crippen LogP contribution in [0.3, 0.4) is 0 Å². The number of ether oxygens (including phenoxy) is 1. The molecule has 34 heavy (non-hydrogen) atoms. The van der Waals surface area contributed by atoms with E-state index in [-0.39, 0.29) is 10.7 Å². The predicted molar refractivity (Wildman–Crippen MR) is 135 cm³/mol. The lowest BCUT2D eigenvalue weighted by molar-refractivity contribution is -0.120. The summed E-state index contributed by atoms with van der Waals surface area (Å²) in [6.07, 6.45) is 0. The first-order chi connectivity index (χ1) is 16.2. The Hall–Kier alpha value is -3.42. The van der Waals surface area contributed by atoms with Gasteiger partial charge in [-0.1, -0.05) is 39.7 Å². The van der Waals surface area contributed by atoms with E-state index in [1.54, 1.807) is 42.5 Å². The number of hydrogen-bond acceptors (Lipinski definition) is 5. The van der Waals surface area contributed by atoms with E-state index in [9.17, 15) is 14.4 Å². The van der Waals surface area contributed by atoms with Crippen molar-refractivity contribution in [2.45, 2.75) is 20.8 Å². The van der Waals surface area contributed by atoms with Gasteiger partial charge in [-0.05, 0) is 86.0 Å². The highest BCUT2D eigenvalue weighted by Crippen LogP contribution is 2.31. The lowest BCUT2D eigenvalue weighted by Crippen LogP contribution is -2.32. The molecule has 172 valence electrons. The normalized spacial score (nSPS) is 13.5. The van der Waals surface area contributed by atoms with E-state index in [1.807, 2.05) is 39.0 Å². The Balaban J connectivity index is 1.50. The number of imide groups is 1. The summed E-state index contributed by atoms with van der Waals surface area (Å²) in [4.78, 5) is 39.2. The van der Waals surface area contributed by atoms with E-state index >= 15 is 0 Å². The van der Waals surface area contributed by atoms with Crippen LogP contribution >= 0.6 is 27.5 Å². The number of nitrogens with one attached hydrogen (secondary N) is 1. The number of anilines is 2. The molecule has 0 bridgehead atoms. The molecule has 0 unspecified atom stereocenters. The molecule has 4 rings (SSSR count). The molecule has 1 aliphatic heterocycles. The molecule has 0 radical (unpaired) electrons. The van der Waals surface area contributed by atoms with Crippen LogP contribution < -0.4 is 15.0 Å². The number of esters is 1. The smallest absolute Gasteiger partial charge is 0.343 e. The Bertz CT molecular complexity index is 1340. The van der Waals surface area contributed by atoms with Gasteiger partial charge in [-0.3, -0.25) is 9.59 Å². The molecule has 0 saturated carbocycles. The molecule has 0 aromatic heterocycles. The molecule has 0 aliphatic carbocycles. The number of rotatable bonds is 5. The zero-order valence-corrected chi connectivity index (χ0v) is 21.0. The second-order valence-electron chi connectivity index (χ2n) is 7.93. The molecule has 0 atom stereocenters. The summed E-state index contributed by atoms with van der Waals surface area (Å²) in [6, 6.07) is 17.2. The fourth-order valence-electron chi connectivity index (χ4n) is 3.66. The zero-order chi connectivity index (χ0) is 24.6. The van der Waals surface area contributed by atoms with Gasteiger partial charge in [0.25, 0.3) is 11.8 Å². The number of nitrogens with zero attached hydrogens (tertiary/aromatic N) is 1. The molecule has 1 heterocycles. The summed E-state index contributed by atoms with van der Waals surface area (Å²) >= 11 is 9.62. The molecular weight excluding hydrogens is 520 g/mol. The standard InChI is InChI=1S/C26H20BrClN2O4/c1-14-5-4-6-20(11-14)30-24(31)21(28)22(25(30)32)29-19-9-7-17(8-10-19)26(33)34-23-15(2)12-18(27)13-16(23)3/h4-13,29H,1-3H3. The fraction of sp³-hybridized carbons (Fsp3) is 0.115. The molecule has 0 spiro atoms. The first-order valence-electron chi connectivity index (χ1n) is 10.4. The van der Waals surface area contributed by atoms with Crippen LogP contribution in [0.1, 0.15) is 27.0 Å². The van der Waals surface area contributed by atoms with Crippen LogP contribution in [0.5, 0.6) is 5.75 Å². The van der Waals surface area contributed by atoms with Gasteiger partial charge in [0.1, 0.15) is 16.5 Å². The van der Waals surface area contributed by atoms with Crippen LogP contribution in [-0.4, -0.2) is 17.8 Å². The fourth-order valence-corrected chi connectivity index (χ4v) is 4.56. The maximum Gasteiger partial charge on any atom is 0.343 e. The molecule has 2 amide bonds. The van der Waals surface area contributed by atoms with Crippen LogP contribution in [0.2, 0.25) is 0 Å². The third-order valence-corrected chi connectivity index (χ3v) is 6.11. The van der Waals surface area contributed by atoms with Gasteiger partial charge >= 0.3 is 5.97 Å². The van der Waals surface area contributed by atoms with Gasteiger partial charge in [-0.25, -0.2) is 9.69 Å². The van der Waals surface area contributed by atoms with Crippen LogP contribution in [-0.2, 0) is 9.59 Å². The van der Waals surface area contributed by atoms with E-state index in [4.69, 9.17) is 16.3 Å². The maximum atomic E-state index is 12.9. The first kappa shape index (κ1) is 23.7. The summed E-state index contributed by atoms with van der Waals surface area (Å²) < 4.78 is 6.50. The summed E-state index contributed by atoms with van der Waals surface area (Å²) in [5, 5.41) is 2.71. The number of carbonyl (C=O) groups excluding carboxylic acids is 3. The molecule has 6 nitrogen and oxygen atoms in total. The third-order valence-electron chi connectivity index (χ3n) is 5.30. The molecule has 1 aliphatic rings. The van der Waals surface area contributed by atoms with Crippen molar-refractivity contribution in [2.75, 3.05) is 10.2 Å². The Morgan fingerprint density at radius 3 is 2.21 bits per heavy atom. The van der Waals surface area contributed by atoms with Crippen molar-refractivity contribution in [1.29, 1.82) is 0 Å². The Kier molecular flexibility index (Phi) is 6.59. The van der Waals surface area contributed by atoms with Gasteiger partial charge in [-0.2, -0.15) is 0 Å². The Morgan fingerprint density at radius 2 is 1.59 bits per heavy atom. The van der Waals surface area contributed by atoms with E-state index in [1.165, 1.54) is 0 Å². The topological polar surface area (TPSA) is 75.7 Å². The van der Waals surface area contributed by atoms with Crippen molar-refractivity contribution >= 4 is 56.7 Å². The molecule has 8 heteroatoms. The lowest BCUT2D eigenvalue weighted by atomic mass is 10.1. The van der Waals surface area contributed by atoms with Gasteiger partial charge < -0.3 is 10.1 Å². The minimum atomic E-state index is -0.597. The average molecular weight is 540 g/mol. The molecule has 0 fully saturated rings.